The topological polar surface area (TPSA) is 54.0 Å². The molecule has 1 fully saturated rings. The largest absolute Gasteiger partial charge is 0.489 e. The van der Waals surface area contributed by atoms with Gasteiger partial charge in [-0.1, -0.05) is 30.3 Å². The highest BCUT2D eigenvalue weighted by molar-refractivity contribution is 5.77. The molecule has 0 N–H and O–H groups in total. The maximum Gasteiger partial charge on any atom is 0.400 e. The summed E-state index contributed by atoms with van der Waals surface area (Å²) in [6.45, 7) is 5.75. The Morgan fingerprint density at radius 1 is 1.22 bits per heavy atom. The number of carbonyl (C=O) groups excluding carboxylic acids is 1. The van der Waals surface area contributed by atoms with Crippen LogP contribution in [0.5, 0.6) is 11.5 Å². The first-order valence-corrected chi connectivity index (χ1v) is 9.04. The summed E-state index contributed by atoms with van der Waals surface area (Å²) in [7, 11) is 0. The Kier molecular flexibility index (Phi) is 4.40. The van der Waals surface area contributed by atoms with E-state index in [0.717, 1.165) is 22.3 Å². The van der Waals surface area contributed by atoms with Crippen molar-refractivity contribution >= 4 is 11.5 Å². The normalized spacial score (nSPS) is 23.3. The fourth-order valence-electron chi connectivity index (χ4n) is 3.59. The lowest BCUT2D eigenvalue weighted by Gasteiger charge is -2.34. The van der Waals surface area contributed by atoms with E-state index >= 15 is 0 Å². The number of allylic oxidation sites excluding steroid dienone is 1. The Balaban J connectivity index is 1.63. The van der Waals surface area contributed by atoms with Gasteiger partial charge in [-0.3, -0.25) is 4.79 Å². The number of fused-ring (bicyclic) bond motifs is 2. The van der Waals surface area contributed by atoms with Crippen LogP contribution in [0.15, 0.2) is 54.1 Å². The van der Waals surface area contributed by atoms with Gasteiger partial charge in [-0.05, 0) is 37.1 Å². The minimum atomic E-state index is -1.47. The molecule has 5 heteroatoms. The van der Waals surface area contributed by atoms with Crippen molar-refractivity contribution in [2.24, 2.45) is 0 Å². The molecule has 140 valence electrons. The molecule has 0 bridgehead atoms. The van der Waals surface area contributed by atoms with Crippen molar-refractivity contribution in [1.82, 2.24) is 0 Å². The van der Waals surface area contributed by atoms with Gasteiger partial charge in [-0.15, -0.1) is 0 Å². The standard InChI is InChI=1S/C22H22O5/c1-14-11-20-15(2)19-10-9-18(24-13-17-7-5-4-6-8-17)12-21(19)27-22(20,25-14)26-16(3)23/h4-10,12,14H,11,13H2,1-3H3. The molecule has 2 heterocycles. The molecule has 4 rings (SSSR count). The summed E-state index contributed by atoms with van der Waals surface area (Å²) in [6, 6.07) is 15.7. The van der Waals surface area contributed by atoms with E-state index in [1.807, 2.05) is 62.4 Å². The number of hydrogen-bond acceptors (Lipinski definition) is 5. The average molecular weight is 366 g/mol. The molecule has 0 aromatic heterocycles. The predicted molar refractivity (Wildman–Crippen MR) is 100 cm³/mol. The highest BCUT2D eigenvalue weighted by Crippen LogP contribution is 2.49. The first kappa shape index (κ1) is 17.6. The fraction of sp³-hybridized carbons (Fsp3) is 0.318. The van der Waals surface area contributed by atoms with Crippen LogP contribution in [-0.2, 0) is 20.9 Å². The molecule has 5 nitrogen and oxygen atoms in total. The molecule has 27 heavy (non-hydrogen) atoms. The first-order chi connectivity index (χ1) is 13.0. The summed E-state index contributed by atoms with van der Waals surface area (Å²) in [4.78, 5) is 11.7. The van der Waals surface area contributed by atoms with Gasteiger partial charge in [0.1, 0.15) is 18.1 Å². The molecule has 0 spiro atoms. The van der Waals surface area contributed by atoms with Gasteiger partial charge in [-0.25, -0.2) is 0 Å². The zero-order valence-electron chi connectivity index (χ0n) is 15.7. The van der Waals surface area contributed by atoms with E-state index in [0.29, 0.717) is 24.5 Å². The molecule has 2 aliphatic rings. The van der Waals surface area contributed by atoms with Crippen molar-refractivity contribution in [3.8, 4) is 11.5 Å². The van der Waals surface area contributed by atoms with Crippen LogP contribution in [0.2, 0.25) is 0 Å². The summed E-state index contributed by atoms with van der Waals surface area (Å²) in [6.07, 6.45) is 0.558. The molecule has 0 amide bonds. The Labute approximate surface area is 158 Å². The minimum absolute atomic E-state index is 0.0996. The van der Waals surface area contributed by atoms with Crippen molar-refractivity contribution in [2.75, 3.05) is 0 Å². The molecular weight excluding hydrogens is 344 g/mol. The second-order valence-electron chi connectivity index (χ2n) is 6.92. The van der Waals surface area contributed by atoms with Crippen LogP contribution in [-0.4, -0.2) is 18.0 Å². The van der Waals surface area contributed by atoms with Gasteiger partial charge in [0, 0.05) is 25.0 Å². The van der Waals surface area contributed by atoms with Crippen molar-refractivity contribution in [3.05, 3.63) is 65.2 Å². The number of carbonyl (C=O) groups is 1. The Morgan fingerprint density at radius 3 is 2.74 bits per heavy atom. The molecule has 2 unspecified atom stereocenters. The molecule has 0 radical (unpaired) electrons. The van der Waals surface area contributed by atoms with Gasteiger partial charge < -0.3 is 18.9 Å². The highest BCUT2D eigenvalue weighted by Gasteiger charge is 2.53. The average Bonchev–Trinajstić information content (AvgIpc) is 2.96. The molecule has 1 saturated heterocycles. The van der Waals surface area contributed by atoms with Crippen LogP contribution < -0.4 is 9.47 Å². The van der Waals surface area contributed by atoms with E-state index in [1.165, 1.54) is 6.92 Å². The summed E-state index contributed by atoms with van der Waals surface area (Å²) < 4.78 is 23.4. The zero-order valence-corrected chi connectivity index (χ0v) is 15.7. The zero-order chi connectivity index (χ0) is 19.0. The van der Waals surface area contributed by atoms with Gasteiger partial charge in [-0.2, -0.15) is 0 Å². The van der Waals surface area contributed by atoms with Crippen molar-refractivity contribution in [2.45, 2.75) is 45.9 Å². The molecule has 0 aliphatic carbocycles. The third kappa shape index (κ3) is 3.30. The monoisotopic (exact) mass is 366 g/mol. The fourth-order valence-corrected chi connectivity index (χ4v) is 3.59. The van der Waals surface area contributed by atoms with E-state index in [1.54, 1.807) is 0 Å². The highest BCUT2D eigenvalue weighted by atomic mass is 16.9. The number of benzene rings is 2. The second-order valence-corrected chi connectivity index (χ2v) is 6.92. The van der Waals surface area contributed by atoms with E-state index < -0.39 is 11.9 Å². The third-order valence-corrected chi connectivity index (χ3v) is 4.80. The van der Waals surface area contributed by atoms with E-state index in [9.17, 15) is 4.79 Å². The maximum atomic E-state index is 11.7. The number of rotatable bonds is 4. The lowest BCUT2D eigenvalue weighted by atomic mass is 9.94. The predicted octanol–water partition coefficient (Wildman–Crippen LogP) is 4.46. The van der Waals surface area contributed by atoms with Crippen LogP contribution in [0, 0.1) is 0 Å². The van der Waals surface area contributed by atoms with Gasteiger partial charge in [0.2, 0.25) is 0 Å². The van der Waals surface area contributed by atoms with Crippen molar-refractivity contribution in [3.63, 3.8) is 0 Å². The van der Waals surface area contributed by atoms with Crippen molar-refractivity contribution < 1.29 is 23.7 Å². The van der Waals surface area contributed by atoms with Crippen LogP contribution in [0.25, 0.3) is 5.57 Å². The second kappa shape index (κ2) is 6.74. The summed E-state index contributed by atoms with van der Waals surface area (Å²) in [5.74, 6) is -0.662. The van der Waals surface area contributed by atoms with Gasteiger partial charge in [0.15, 0.2) is 0 Å². The van der Waals surface area contributed by atoms with Crippen LogP contribution in [0.1, 0.15) is 38.3 Å². The third-order valence-electron chi connectivity index (χ3n) is 4.80. The van der Waals surface area contributed by atoms with Crippen LogP contribution in [0.3, 0.4) is 0 Å². The molecule has 2 aromatic rings. The quantitative estimate of drug-likeness (QED) is 0.748. The smallest absolute Gasteiger partial charge is 0.400 e. The van der Waals surface area contributed by atoms with Gasteiger partial charge in [0.05, 0.1) is 11.7 Å². The Morgan fingerprint density at radius 2 is 2.00 bits per heavy atom. The first-order valence-electron chi connectivity index (χ1n) is 9.04. The summed E-state index contributed by atoms with van der Waals surface area (Å²) >= 11 is 0. The number of esters is 1. The molecular formula is C22H22O5. The SMILES string of the molecule is CC(=O)OC12Oc3cc(OCc4ccccc4)ccc3C(C)=C1CC(C)O2. The number of hydrogen-bond donors (Lipinski definition) is 0. The molecule has 2 aromatic carbocycles. The maximum absolute atomic E-state index is 11.7. The molecule has 0 saturated carbocycles. The molecule has 2 atom stereocenters. The lowest BCUT2D eigenvalue weighted by molar-refractivity contribution is -0.295. The Hall–Kier alpha value is -2.79. The van der Waals surface area contributed by atoms with Crippen molar-refractivity contribution in [1.29, 1.82) is 0 Å². The molecule has 2 aliphatic heterocycles. The van der Waals surface area contributed by atoms with Gasteiger partial charge in [0.25, 0.3) is 0 Å². The van der Waals surface area contributed by atoms with E-state index in [-0.39, 0.29) is 6.10 Å². The summed E-state index contributed by atoms with van der Waals surface area (Å²) in [5.41, 5.74) is 3.91. The number of ether oxygens (including phenoxy) is 4. The van der Waals surface area contributed by atoms with E-state index in [2.05, 4.69) is 0 Å². The summed E-state index contributed by atoms with van der Waals surface area (Å²) in [5, 5.41) is 0. The Bertz CT molecular complexity index is 902. The van der Waals surface area contributed by atoms with E-state index in [4.69, 9.17) is 18.9 Å². The minimum Gasteiger partial charge on any atom is -0.489 e. The van der Waals surface area contributed by atoms with Crippen LogP contribution >= 0.6 is 0 Å². The van der Waals surface area contributed by atoms with Gasteiger partial charge >= 0.3 is 11.9 Å². The van der Waals surface area contributed by atoms with Crippen LogP contribution in [0.4, 0.5) is 0 Å². The lowest BCUT2D eigenvalue weighted by Crippen LogP contribution is -2.44.